The van der Waals surface area contributed by atoms with E-state index in [0.717, 1.165) is 13.0 Å². The Hall–Kier alpha value is 0.0200. The quantitative estimate of drug-likeness (QED) is 0.550. The Morgan fingerprint density at radius 3 is 2.70 bits per heavy atom. The summed E-state index contributed by atoms with van der Waals surface area (Å²) in [6.07, 6.45) is 0.999. The van der Waals surface area contributed by atoms with Crippen LogP contribution in [0.4, 0.5) is 0 Å². The molecule has 4 heteroatoms. The monoisotopic (exact) mass is 162 g/mol. The molecule has 3 nitrogen and oxygen atoms in total. The molecule has 0 N–H and O–H groups in total. The molecule has 58 valence electrons. The lowest BCUT2D eigenvalue weighted by Gasteiger charge is -2.16. The molecule has 0 spiro atoms. The van der Waals surface area contributed by atoms with E-state index in [1.54, 1.807) is 0 Å². The first-order chi connectivity index (χ1) is 4.72. The topological polar surface area (TPSA) is 29.5 Å². The van der Waals surface area contributed by atoms with Gasteiger partial charge in [-0.3, -0.25) is 0 Å². The van der Waals surface area contributed by atoms with Gasteiger partial charge < -0.3 is 0 Å². The Balaban J connectivity index is 2.48. The summed E-state index contributed by atoms with van der Waals surface area (Å²) in [4.78, 5) is 0. The molecule has 0 saturated carbocycles. The second-order valence-corrected chi connectivity index (χ2v) is 3.93. The van der Waals surface area contributed by atoms with Crippen molar-refractivity contribution in [2.75, 3.05) is 13.2 Å². The maximum Gasteiger partial charge on any atom is 0.616 e. The van der Waals surface area contributed by atoms with Gasteiger partial charge in [-0.25, -0.2) is 0 Å². The zero-order chi connectivity index (χ0) is 7.56. The van der Waals surface area contributed by atoms with Gasteiger partial charge in [-0.1, -0.05) is 4.67 Å². The van der Waals surface area contributed by atoms with Crippen LogP contribution in [0, 0.1) is 0 Å². The van der Waals surface area contributed by atoms with Crippen molar-refractivity contribution in [3.05, 3.63) is 0 Å². The van der Waals surface area contributed by atoms with Gasteiger partial charge in [0.2, 0.25) is 0 Å². The summed E-state index contributed by atoms with van der Waals surface area (Å²) in [5, 5.41) is 0. The fraction of sp³-hybridized carbons (Fsp3) is 1.00. The van der Waals surface area contributed by atoms with Gasteiger partial charge in [-0.2, -0.15) is 0 Å². The number of hydrogen-bond acceptors (Lipinski definition) is 2. The first kappa shape index (κ1) is 8.12. The van der Waals surface area contributed by atoms with E-state index in [2.05, 4.69) is 0 Å². The van der Waals surface area contributed by atoms with Crippen molar-refractivity contribution in [3.8, 4) is 0 Å². The molecule has 1 aliphatic heterocycles. The number of nitrogens with zero attached hydrogens (tertiary/aromatic N) is 1. The summed E-state index contributed by atoms with van der Waals surface area (Å²) in [5.74, 6) is 0. The molecular weight excluding hydrogens is 149 g/mol. The van der Waals surface area contributed by atoms with E-state index in [4.69, 9.17) is 4.52 Å². The minimum absolute atomic E-state index is 0.337. The van der Waals surface area contributed by atoms with Crippen LogP contribution in [-0.2, 0) is 9.09 Å². The summed E-state index contributed by atoms with van der Waals surface area (Å²) in [6.45, 7) is 5.62. The van der Waals surface area contributed by atoms with Crippen molar-refractivity contribution < 1.29 is 9.09 Å². The van der Waals surface area contributed by atoms with Crippen LogP contribution in [0.15, 0.2) is 0 Å². The van der Waals surface area contributed by atoms with Crippen molar-refractivity contribution >= 4 is 8.18 Å². The summed E-state index contributed by atoms with van der Waals surface area (Å²) in [5.41, 5.74) is 0. The highest BCUT2D eigenvalue weighted by molar-refractivity contribution is 7.36. The SMILES string of the molecule is CC(C)N1CCCO[P+]1=O. The Morgan fingerprint density at radius 1 is 1.60 bits per heavy atom. The third-order valence-electron chi connectivity index (χ3n) is 1.54. The summed E-state index contributed by atoms with van der Waals surface area (Å²) < 4.78 is 18.0. The van der Waals surface area contributed by atoms with Crippen LogP contribution in [0.2, 0.25) is 0 Å². The first-order valence-electron chi connectivity index (χ1n) is 3.58. The van der Waals surface area contributed by atoms with Crippen LogP contribution >= 0.6 is 8.18 Å². The third kappa shape index (κ3) is 1.75. The lowest BCUT2D eigenvalue weighted by atomic mass is 10.3. The van der Waals surface area contributed by atoms with Crippen LogP contribution < -0.4 is 0 Å². The average molecular weight is 162 g/mol. The normalized spacial score (nSPS) is 25.7. The van der Waals surface area contributed by atoms with Crippen LogP contribution in [0.25, 0.3) is 0 Å². The van der Waals surface area contributed by atoms with E-state index in [1.807, 2.05) is 18.5 Å². The molecular formula is C6H13NO2P+. The molecule has 1 unspecified atom stereocenters. The fourth-order valence-corrected chi connectivity index (χ4v) is 2.09. The smallest absolute Gasteiger partial charge is 0.130 e. The molecule has 1 atom stereocenters. The van der Waals surface area contributed by atoms with Crippen molar-refractivity contribution in [1.82, 2.24) is 4.67 Å². The summed E-state index contributed by atoms with van der Waals surface area (Å²) in [7, 11) is -1.51. The van der Waals surface area contributed by atoms with Gasteiger partial charge in [0, 0.05) is 6.54 Å². The Bertz CT molecular complexity index is 138. The van der Waals surface area contributed by atoms with E-state index in [1.165, 1.54) is 0 Å². The standard InChI is InChI=1S/C6H13NO2P/c1-6(2)7-4-3-5-9-10(7)8/h6H,3-5H2,1-2H3/q+1. The van der Waals surface area contributed by atoms with Crippen LogP contribution in [-0.4, -0.2) is 23.9 Å². The molecule has 1 aliphatic rings. The van der Waals surface area contributed by atoms with Gasteiger partial charge in [0.15, 0.2) is 0 Å². The zero-order valence-corrected chi connectivity index (χ0v) is 7.30. The molecule has 1 rings (SSSR count). The van der Waals surface area contributed by atoms with Crippen molar-refractivity contribution in [3.63, 3.8) is 0 Å². The molecule has 0 bridgehead atoms. The first-order valence-corrected chi connectivity index (χ1v) is 4.71. The molecule has 0 amide bonds. The highest BCUT2D eigenvalue weighted by atomic mass is 31.1. The van der Waals surface area contributed by atoms with Crippen molar-refractivity contribution in [2.24, 2.45) is 0 Å². The molecule has 1 heterocycles. The van der Waals surface area contributed by atoms with Gasteiger partial charge in [0.05, 0.1) is 6.04 Å². The lowest BCUT2D eigenvalue weighted by molar-refractivity contribution is 0.205. The molecule has 1 saturated heterocycles. The second-order valence-electron chi connectivity index (χ2n) is 2.68. The second kappa shape index (κ2) is 3.42. The Labute approximate surface area is 62.3 Å². The predicted octanol–water partition coefficient (Wildman–Crippen LogP) is 1.77. The van der Waals surface area contributed by atoms with Crippen LogP contribution in [0.5, 0.6) is 0 Å². The van der Waals surface area contributed by atoms with E-state index in [9.17, 15) is 4.57 Å². The Kier molecular flexibility index (Phi) is 2.78. The minimum Gasteiger partial charge on any atom is -0.130 e. The maximum absolute atomic E-state index is 11.1. The predicted molar refractivity (Wildman–Crippen MR) is 40.0 cm³/mol. The largest absolute Gasteiger partial charge is 0.616 e. The van der Waals surface area contributed by atoms with E-state index in [0.29, 0.717) is 12.6 Å². The van der Waals surface area contributed by atoms with Gasteiger partial charge in [-0.05, 0) is 24.8 Å². The highest BCUT2D eigenvalue weighted by Crippen LogP contribution is 2.34. The molecule has 0 aliphatic carbocycles. The van der Waals surface area contributed by atoms with Crippen molar-refractivity contribution in [2.45, 2.75) is 26.3 Å². The molecule has 0 radical (unpaired) electrons. The molecule has 0 aromatic rings. The number of rotatable bonds is 1. The molecule has 10 heavy (non-hydrogen) atoms. The summed E-state index contributed by atoms with van der Waals surface area (Å²) in [6, 6.07) is 0.337. The van der Waals surface area contributed by atoms with Crippen LogP contribution in [0.1, 0.15) is 20.3 Å². The number of hydrogen-bond donors (Lipinski definition) is 0. The fourth-order valence-electron chi connectivity index (χ4n) is 0.972. The molecule has 0 aromatic heterocycles. The van der Waals surface area contributed by atoms with E-state index >= 15 is 0 Å². The summed E-state index contributed by atoms with van der Waals surface area (Å²) >= 11 is 0. The third-order valence-corrected chi connectivity index (χ3v) is 3.02. The average Bonchev–Trinajstić information content (AvgIpc) is 1.88. The van der Waals surface area contributed by atoms with Gasteiger partial charge in [-0.15, -0.1) is 4.52 Å². The van der Waals surface area contributed by atoms with E-state index < -0.39 is 8.18 Å². The maximum atomic E-state index is 11.1. The van der Waals surface area contributed by atoms with Gasteiger partial charge >= 0.3 is 8.18 Å². The minimum atomic E-state index is -1.51. The van der Waals surface area contributed by atoms with Crippen molar-refractivity contribution in [1.29, 1.82) is 0 Å². The zero-order valence-electron chi connectivity index (χ0n) is 6.41. The Morgan fingerprint density at radius 2 is 2.30 bits per heavy atom. The molecule has 0 aromatic carbocycles. The van der Waals surface area contributed by atoms with Gasteiger partial charge in [0.1, 0.15) is 6.61 Å². The highest BCUT2D eigenvalue weighted by Gasteiger charge is 2.35. The van der Waals surface area contributed by atoms with Gasteiger partial charge in [0.25, 0.3) is 0 Å². The lowest BCUT2D eigenvalue weighted by Crippen LogP contribution is -2.29. The van der Waals surface area contributed by atoms with Crippen LogP contribution in [0.3, 0.4) is 0 Å². The van der Waals surface area contributed by atoms with E-state index in [-0.39, 0.29) is 0 Å². The molecule has 1 fully saturated rings.